The fourth-order valence-electron chi connectivity index (χ4n) is 9.92. The summed E-state index contributed by atoms with van der Waals surface area (Å²) in [4.78, 5) is 85.7. The number of rotatable bonds is 10. The Bertz CT molecular complexity index is 2570. The lowest BCUT2D eigenvalue weighted by molar-refractivity contribution is -0.392. The van der Waals surface area contributed by atoms with Gasteiger partial charge in [0.05, 0.1) is 58.6 Å². The molecule has 0 unspecified atom stereocenters. The minimum atomic E-state index is -1.58. The fraction of sp³-hybridized carbons (Fsp3) is 0.273. The van der Waals surface area contributed by atoms with Gasteiger partial charge in [0.25, 0.3) is 0 Å². The Hall–Kier alpha value is -7.07. The summed E-state index contributed by atoms with van der Waals surface area (Å²) in [5.74, 6) is -7.37. The van der Waals surface area contributed by atoms with Crippen LogP contribution in [0.15, 0.2) is 96.6 Å². The maximum absolute atomic E-state index is 15.4. The average molecular weight is 848 g/mol. The monoisotopic (exact) mass is 847 g/mol. The van der Waals surface area contributed by atoms with E-state index in [1.54, 1.807) is 72.8 Å². The van der Waals surface area contributed by atoms with E-state index in [1.807, 2.05) is 6.08 Å². The van der Waals surface area contributed by atoms with Crippen LogP contribution in [-0.4, -0.2) is 66.9 Å². The minimum absolute atomic E-state index is 0.0262. The number of nitrogens with zero attached hydrogens (tertiary/aromatic N) is 5. The average Bonchev–Trinajstić information content (AvgIpc) is 3.63. The number of hydrogen-bond donors (Lipinski definition) is 1. The molecule has 2 aliphatic carbocycles. The highest BCUT2D eigenvalue weighted by Gasteiger charge is 2.69. The molecule has 8 rings (SSSR count). The summed E-state index contributed by atoms with van der Waals surface area (Å²) in [7, 11) is 5.58. The van der Waals surface area contributed by atoms with Gasteiger partial charge in [0.15, 0.2) is 17.2 Å². The van der Waals surface area contributed by atoms with Crippen molar-refractivity contribution in [3.8, 4) is 17.2 Å². The number of ether oxygens (including phenoxy) is 2. The van der Waals surface area contributed by atoms with Gasteiger partial charge in [-0.2, -0.15) is 0 Å². The largest absolute Gasteiger partial charge is 0.502 e. The molecule has 1 saturated carbocycles. The molecule has 2 saturated heterocycles. The van der Waals surface area contributed by atoms with Crippen LogP contribution in [0, 0.1) is 49.8 Å². The number of imide groups is 2. The minimum Gasteiger partial charge on any atom is -0.502 e. The zero-order valence-corrected chi connectivity index (χ0v) is 33.9. The van der Waals surface area contributed by atoms with E-state index in [4.69, 9.17) is 21.1 Å². The van der Waals surface area contributed by atoms with Gasteiger partial charge in [0.2, 0.25) is 29.4 Å². The Morgan fingerprint density at radius 1 is 0.820 bits per heavy atom. The molecule has 4 aromatic carbocycles. The van der Waals surface area contributed by atoms with Crippen LogP contribution < -0.4 is 24.2 Å². The molecule has 16 nitrogen and oxygen atoms in total. The first-order valence-corrected chi connectivity index (χ1v) is 19.6. The van der Waals surface area contributed by atoms with Gasteiger partial charge in [-0.1, -0.05) is 71.8 Å². The number of anilines is 3. The van der Waals surface area contributed by atoms with Crippen molar-refractivity contribution in [2.75, 3.05) is 43.0 Å². The van der Waals surface area contributed by atoms with Crippen LogP contribution in [0.5, 0.6) is 17.2 Å². The zero-order valence-electron chi connectivity index (χ0n) is 33.2. The molecule has 312 valence electrons. The van der Waals surface area contributed by atoms with E-state index in [0.717, 1.165) is 21.9 Å². The molecular formula is C44H38ClN5O11. The lowest BCUT2D eigenvalue weighted by Gasteiger charge is -2.49. The van der Waals surface area contributed by atoms with Crippen molar-refractivity contribution < 1.29 is 43.6 Å². The standard InChI is InChI=1S/C44H38ClN5O11/c1-46(2)38-33(49(56)57)20-27(21-34(38)50(58)59)47-40(52)29-15-14-28-30(37(29)42(47)54)22-32-41(53)48(26-12-8-11-25(45)19-26)43(55)44(32,24-9-6-5-7-10-24)31(28)16-13-23-17-35(60-3)39(51)36(18-23)61-4/h5-14,16-21,29-32,37,51H,15,22H2,1-4H3/t29-,30+,31-,32-,37-,44-/m0/s1. The number of methoxy groups -OCH3 is 2. The number of nitro benzene ring substituents is 2. The molecule has 4 amide bonds. The molecule has 3 fully saturated rings. The summed E-state index contributed by atoms with van der Waals surface area (Å²) in [5.41, 5.74) is -1.63. The molecule has 2 heterocycles. The maximum atomic E-state index is 15.4. The van der Waals surface area contributed by atoms with Gasteiger partial charge in [-0.25, -0.2) is 9.80 Å². The van der Waals surface area contributed by atoms with E-state index < -0.39 is 79.9 Å². The second-order valence-corrected chi connectivity index (χ2v) is 16.0. The molecule has 61 heavy (non-hydrogen) atoms. The van der Waals surface area contributed by atoms with Crippen LogP contribution >= 0.6 is 11.6 Å². The molecule has 0 spiro atoms. The Balaban J connectivity index is 1.32. The van der Waals surface area contributed by atoms with Crippen molar-refractivity contribution in [3.63, 3.8) is 0 Å². The molecule has 0 radical (unpaired) electrons. The third kappa shape index (κ3) is 6.19. The van der Waals surface area contributed by atoms with Crippen molar-refractivity contribution in [2.45, 2.75) is 18.3 Å². The quantitative estimate of drug-likeness (QED) is 0.0753. The van der Waals surface area contributed by atoms with E-state index in [9.17, 15) is 34.9 Å². The smallest absolute Gasteiger partial charge is 0.301 e. The first-order chi connectivity index (χ1) is 29.1. The summed E-state index contributed by atoms with van der Waals surface area (Å²) in [6, 6.07) is 20.4. The van der Waals surface area contributed by atoms with Crippen LogP contribution in [0.3, 0.4) is 0 Å². The molecule has 0 aromatic heterocycles. The van der Waals surface area contributed by atoms with Gasteiger partial charge >= 0.3 is 11.4 Å². The molecule has 6 atom stereocenters. The highest BCUT2D eigenvalue weighted by molar-refractivity contribution is 6.32. The fourth-order valence-corrected chi connectivity index (χ4v) is 10.1. The van der Waals surface area contributed by atoms with Crippen LogP contribution in [0.25, 0.3) is 6.08 Å². The van der Waals surface area contributed by atoms with E-state index in [-0.39, 0.29) is 47.2 Å². The highest BCUT2D eigenvalue weighted by Crippen LogP contribution is 2.62. The predicted octanol–water partition coefficient (Wildman–Crippen LogP) is 6.86. The third-order valence-corrected chi connectivity index (χ3v) is 12.6. The number of halogens is 1. The summed E-state index contributed by atoms with van der Waals surface area (Å²) < 4.78 is 10.8. The summed E-state index contributed by atoms with van der Waals surface area (Å²) >= 11 is 6.40. The second-order valence-electron chi connectivity index (χ2n) is 15.5. The van der Waals surface area contributed by atoms with Crippen LogP contribution in [0.4, 0.5) is 28.4 Å². The number of nitro groups is 2. The highest BCUT2D eigenvalue weighted by atomic mass is 35.5. The Morgan fingerprint density at radius 2 is 1.46 bits per heavy atom. The van der Waals surface area contributed by atoms with Crippen LogP contribution in [-0.2, 0) is 24.6 Å². The van der Waals surface area contributed by atoms with Crippen molar-refractivity contribution in [2.24, 2.45) is 29.6 Å². The number of allylic oxidation sites excluding steroid dienone is 3. The number of aromatic hydroxyl groups is 1. The Morgan fingerprint density at radius 3 is 2.03 bits per heavy atom. The van der Waals surface area contributed by atoms with Crippen LogP contribution in [0.2, 0.25) is 5.02 Å². The van der Waals surface area contributed by atoms with E-state index in [1.165, 1.54) is 39.3 Å². The van der Waals surface area contributed by atoms with Gasteiger partial charge in [-0.15, -0.1) is 0 Å². The predicted molar refractivity (Wildman–Crippen MR) is 224 cm³/mol. The third-order valence-electron chi connectivity index (χ3n) is 12.4. The van der Waals surface area contributed by atoms with E-state index in [0.29, 0.717) is 21.7 Å². The topological polar surface area (TPSA) is 203 Å². The zero-order chi connectivity index (χ0) is 43.7. The molecule has 2 aliphatic heterocycles. The van der Waals surface area contributed by atoms with Gasteiger partial charge in [-0.3, -0.25) is 39.4 Å². The molecular weight excluding hydrogens is 810 g/mol. The number of carbonyl (C=O) groups is 4. The van der Waals surface area contributed by atoms with E-state index in [2.05, 4.69) is 0 Å². The second kappa shape index (κ2) is 15.2. The van der Waals surface area contributed by atoms with Crippen molar-refractivity contribution in [1.29, 1.82) is 0 Å². The number of carbonyl (C=O) groups excluding carboxylic acids is 4. The summed E-state index contributed by atoms with van der Waals surface area (Å²) in [6.45, 7) is 0. The lowest BCUT2D eigenvalue weighted by Crippen LogP contribution is -2.54. The van der Waals surface area contributed by atoms with E-state index >= 15 is 9.59 Å². The number of hydrogen-bond acceptors (Lipinski definition) is 12. The van der Waals surface area contributed by atoms with Gasteiger partial charge in [0, 0.05) is 37.2 Å². The Labute approximate surface area is 353 Å². The first kappa shape index (κ1) is 40.7. The number of amides is 4. The maximum Gasteiger partial charge on any atom is 0.301 e. The van der Waals surface area contributed by atoms with Crippen molar-refractivity contribution in [3.05, 3.63) is 133 Å². The number of fused-ring (bicyclic) bond motifs is 4. The normalized spacial score (nSPS) is 24.3. The van der Waals surface area contributed by atoms with Gasteiger partial charge in [0.1, 0.15) is 0 Å². The van der Waals surface area contributed by atoms with Crippen molar-refractivity contribution >= 4 is 69.7 Å². The lowest BCUT2D eigenvalue weighted by atomic mass is 9.50. The van der Waals surface area contributed by atoms with Crippen LogP contribution in [0.1, 0.15) is 24.0 Å². The SMILES string of the molecule is COc1cc(C=C[C@H]2C3=CC[C@@H]4C(=O)N(c5cc([N+](=O)[O-])c(N(C)C)c([N+](=O)[O-])c5)C(=O)[C@@H]4[C@@H]3C[C@H]3C(=O)N(c4cccc(Cl)c4)C(=O)[C@@]23c2ccccc2)cc(OC)c1O. The molecule has 1 N–H and O–H groups in total. The van der Waals surface area contributed by atoms with Gasteiger partial charge < -0.3 is 19.5 Å². The molecule has 4 aliphatic rings. The first-order valence-electron chi connectivity index (χ1n) is 19.2. The number of benzene rings is 4. The summed E-state index contributed by atoms with van der Waals surface area (Å²) in [5, 5.41) is 35.5. The molecule has 17 heteroatoms. The number of phenols is 1. The van der Waals surface area contributed by atoms with Crippen molar-refractivity contribution in [1.82, 2.24) is 0 Å². The number of phenolic OH excluding ortho intramolecular Hbond substituents is 1. The molecule has 4 aromatic rings. The Kier molecular flexibility index (Phi) is 10.1. The molecule has 0 bridgehead atoms. The summed E-state index contributed by atoms with van der Waals surface area (Å²) in [6.07, 6.45) is 5.31. The van der Waals surface area contributed by atoms with Gasteiger partial charge in [-0.05, 0) is 60.2 Å².